The van der Waals surface area contributed by atoms with Gasteiger partial charge in [-0.05, 0) is 43.2 Å². The number of amides is 1. The maximum absolute atomic E-state index is 12.4. The van der Waals surface area contributed by atoms with Crippen LogP contribution in [0.2, 0.25) is 0 Å². The van der Waals surface area contributed by atoms with Gasteiger partial charge in [0.1, 0.15) is 5.75 Å². The lowest BCUT2D eigenvalue weighted by Gasteiger charge is -2.11. The number of hydrogen-bond acceptors (Lipinski definition) is 3. The Kier molecular flexibility index (Phi) is 4.38. The molecule has 0 unspecified atom stereocenters. The van der Waals surface area contributed by atoms with Gasteiger partial charge in [-0.1, -0.05) is 24.3 Å². The molecule has 4 heteroatoms. The van der Waals surface area contributed by atoms with Crippen LogP contribution < -0.4 is 10.1 Å². The Hall–Kier alpha value is -2.62. The van der Waals surface area contributed by atoms with Crippen LogP contribution in [0.5, 0.6) is 5.75 Å². The molecule has 0 aliphatic carbocycles. The fraction of sp³-hybridized carbons (Fsp3) is 0.176. The summed E-state index contributed by atoms with van der Waals surface area (Å²) in [4.78, 5) is 23.5. The maximum atomic E-state index is 12.4. The number of carbonyl (C=O) groups excluding carboxylic acids is 2. The van der Waals surface area contributed by atoms with Crippen LogP contribution in [-0.2, 0) is 4.79 Å². The number of esters is 1. The molecule has 0 heterocycles. The zero-order valence-electron chi connectivity index (χ0n) is 12.3. The predicted molar refractivity (Wildman–Crippen MR) is 81.6 cm³/mol. The van der Waals surface area contributed by atoms with E-state index >= 15 is 0 Å². The van der Waals surface area contributed by atoms with Gasteiger partial charge in [-0.3, -0.25) is 9.59 Å². The van der Waals surface area contributed by atoms with Crippen molar-refractivity contribution in [3.05, 3.63) is 59.2 Å². The Morgan fingerprint density at radius 1 is 1.05 bits per heavy atom. The molecule has 4 nitrogen and oxygen atoms in total. The van der Waals surface area contributed by atoms with Crippen molar-refractivity contribution >= 4 is 17.6 Å². The second-order valence-electron chi connectivity index (χ2n) is 4.86. The molecule has 2 rings (SSSR count). The van der Waals surface area contributed by atoms with Crippen molar-refractivity contribution in [1.29, 1.82) is 0 Å². The molecular weight excluding hydrogens is 266 g/mol. The highest BCUT2D eigenvalue weighted by Gasteiger charge is 2.14. The number of hydrogen-bond donors (Lipinski definition) is 1. The van der Waals surface area contributed by atoms with Crippen LogP contribution in [0.1, 0.15) is 28.4 Å². The molecule has 0 aromatic heterocycles. The number of carbonyl (C=O) groups is 2. The minimum Gasteiger partial charge on any atom is -0.426 e. The molecule has 0 radical (unpaired) electrons. The number of anilines is 1. The lowest BCUT2D eigenvalue weighted by molar-refractivity contribution is -0.131. The van der Waals surface area contributed by atoms with E-state index in [2.05, 4.69) is 5.32 Å². The van der Waals surface area contributed by atoms with Crippen molar-refractivity contribution in [3.8, 4) is 5.75 Å². The third-order valence-corrected chi connectivity index (χ3v) is 3.03. The van der Waals surface area contributed by atoms with E-state index in [1.165, 1.54) is 6.92 Å². The third kappa shape index (κ3) is 3.69. The van der Waals surface area contributed by atoms with Crippen LogP contribution >= 0.6 is 0 Å². The Balaban J connectivity index is 2.28. The van der Waals surface area contributed by atoms with Crippen molar-refractivity contribution in [2.24, 2.45) is 0 Å². The quantitative estimate of drug-likeness (QED) is 0.693. The Bertz CT molecular complexity index is 692. The van der Waals surface area contributed by atoms with E-state index in [0.29, 0.717) is 5.56 Å². The van der Waals surface area contributed by atoms with Gasteiger partial charge in [-0.25, -0.2) is 0 Å². The van der Waals surface area contributed by atoms with Gasteiger partial charge in [-0.2, -0.15) is 0 Å². The molecule has 0 bridgehead atoms. The van der Waals surface area contributed by atoms with Crippen molar-refractivity contribution in [2.75, 3.05) is 5.32 Å². The van der Waals surface area contributed by atoms with E-state index < -0.39 is 5.97 Å². The summed E-state index contributed by atoms with van der Waals surface area (Å²) < 4.78 is 5.06. The molecule has 0 aliphatic heterocycles. The molecule has 0 saturated heterocycles. The highest BCUT2D eigenvalue weighted by Crippen LogP contribution is 2.22. The first kappa shape index (κ1) is 14.8. The van der Waals surface area contributed by atoms with Gasteiger partial charge in [-0.15, -0.1) is 0 Å². The smallest absolute Gasteiger partial charge is 0.308 e. The largest absolute Gasteiger partial charge is 0.426 e. The first-order valence-electron chi connectivity index (χ1n) is 6.63. The number of ether oxygens (including phenoxy) is 1. The van der Waals surface area contributed by atoms with Crippen molar-refractivity contribution in [1.82, 2.24) is 0 Å². The van der Waals surface area contributed by atoms with Gasteiger partial charge in [0.2, 0.25) is 0 Å². The third-order valence-electron chi connectivity index (χ3n) is 3.03. The van der Waals surface area contributed by atoms with Crippen LogP contribution in [0.3, 0.4) is 0 Å². The van der Waals surface area contributed by atoms with Crippen LogP contribution in [-0.4, -0.2) is 11.9 Å². The summed E-state index contributed by atoms with van der Waals surface area (Å²) >= 11 is 0. The molecule has 1 amide bonds. The molecule has 0 fully saturated rings. The fourth-order valence-electron chi connectivity index (χ4n) is 1.96. The minimum absolute atomic E-state index is 0.257. The van der Waals surface area contributed by atoms with Crippen LogP contribution in [0.4, 0.5) is 5.69 Å². The van der Waals surface area contributed by atoms with Crippen LogP contribution in [0, 0.1) is 13.8 Å². The van der Waals surface area contributed by atoms with E-state index in [0.717, 1.165) is 16.8 Å². The second kappa shape index (κ2) is 6.22. The number of nitrogens with one attached hydrogen (secondary N) is 1. The first-order valence-corrected chi connectivity index (χ1v) is 6.63. The zero-order valence-corrected chi connectivity index (χ0v) is 12.3. The monoisotopic (exact) mass is 283 g/mol. The van der Waals surface area contributed by atoms with E-state index in [4.69, 9.17) is 4.74 Å². The second-order valence-corrected chi connectivity index (χ2v) is 4.86. The van der Waals surface area contributed by atoms with Gasteiger partial charge in [0, 0.05) is 12.6 Å². The molecule has 0 saturated carbocycles. The molecule has 1 N–H and O–H groups in total. The van der Waals surface area contributed by atoms with E-state index in [-0.39, 0.29) is 11.7 Å². The summed E-state index contributed by atoms with van der Waals surface area (Å²) in [6, 6.07) is 12.5. The van der Waals surface area contributed by atoms with Gasteiger partial charge >= 0.3 is 5.97 Å². The summed E-state index contributed by atoms with van der Waals surface area (Å²) in [5.74, 6) is -0.504. The summed E-state index contributed by atoms with van der Waals surface area (Å²) in [5.41, 5.74) is 3.11. The van der Waals surface area contributed by atoms with Crippen LogP contribution in [0.15, 0.2) is 42.5 Å². The lowest BCUT2D eigenvalue weighted by Crippen LogP contribution is -2.15. The van der Waals surface area contributed by atoms with Gasteiger partial charge < -0.3 is 10.1 Å². The van der Waals surface area contributed by atoms with Gasteiger partial charge in [0.05, 0.1) is 5.56 Å². The molecule has 0 aliphatic rings. The average molecular weight is 283 g/mol. The normalized spacial score (nSPS) is 10.0. The Labute approximate surface area is 123 Å². The summed E-state index contributed by atoms with van der Waals surface area (Å²) in [7, 11) is 0. The van der Waals surface area contributed by atoms with E-state index in [1.54, 1.807) is 24.3 Å². The molecule has 2 aromatic rings. The summed E-state index contributed by atoms with van der Waals surface area (Å²) in [5, 5.41) is 2.85. The summed E-state index contributed by atoms with van der Waals surface area (Å²) in [6.45, 7) is 5.19. The Morgan fingerprint density at radius 3 is 2.48 bits per heavy atom. The maximum Gasteiger partial charge on any atom is 0.308 e. The van der Waals surface area contributed by atoms with E-state index in [1.807, 2.05) is 32.0 Å². The van der Waals surface area contributed by atoms with Gasteiger partial charge in [0.15, 0.2) is 0 Å². The molecular formula is C17H17NO3. The highest BCUT2D eigenvalue weighted by molar-refractivity contribution is 6.06. The van der Waals surface area contributed by atoms with Crippen molar-refractivity contribution < 1.29 is 14.3 Å². The highest BCUT2D eigenvalue weighted by atomic mass is 16.5. The summed E-state index contributed by atoms with van der Waals surface area (Å²) in [6.07, 6.45) is 0. The molecule has 0 spiro atoms. The average Bonchev–Trinajstić information content (AvgIpc) is 2.42. The number of aryl methyl sites for hydroxylation is 2. The molecule has 108 valence electrons. The van der Waals surface area contributed by atoms with Gasteiger partial charge in [0.25, 0.3) is 5.91 Å². The van der Waals surface area contributed by atoms with E-state index in [9.17, 15) is 9.59 Å². The SMILES string of the molecule is CC(=O)Oc1ccccc1C(=O)Nc1cc(C)ccc1C. The fourth-order valence-corrected chi connectivity index (χ4v) is 1.96. The van der Waals surface area contributed by atoms with Crippen molar-refractivity contribution in [2.45, 2.75) is 20.8 Å². The molecule has 21 heavy (non-hydrogen) atoms. The number of benzene rings is 2. The Morgan fingerprint density at radius 2 is 1.76 bits per heavy atom. The predicted octanol–water partition coefficient (Wildman–Crippen LogP) is 3.48. The first-order chi connectivity index (χ1) is 9.97. The molecule has 0 atom stereocenters. The minimum atomic E-state index is -0.456. The molecule has 2 aromatic carbocycles. The topological polar surface area (TPSA) is 55.4 Å². The zero-order chi connectivity index (χ0) is 15.4. The standard InChI is InChI=1S/C17H17NO3/c1-11-8-9-12(2)15(10-11)18-17(20)14-6-4-5-7-16(14)21-13(3)19/h4-10H,1-3H3,(H,18,20). The number of rotatable bonds is 3. The van der Waals surface area contributed by atoms with Crippen LogP contribution in [0.25, 0.3) is 0 Å². The van der Waals surface area contributed by atoms with Crippen molar-refractivity contribution in [3.63, 3.8) is 0 Å². The lowest BCUT2D eigenvalue weighted by atomic mass is 10.1. The number of para-hydroxylation sites is 1.